The second kappa shape index (κ2) is 34.4. The highest BCUT2D eigenvalue weighted by atomic mass is 16.5. The maximum atomic E-state index is 11.9. The lowest BCUT2D eigenvalue weighted by molar-refractivity contribution is -0.144. The Morgan fingerprint density at radius 2 is 0.786 bits per heavy atom. The molecule has 6 nitrogen and oxygen atoms in total. The number of carbonyl (C=O) groups excluding carboxylic acids is 2. The third-order valence-electron chi connectivity index (χ3n) is 8.15. The molecule has 6 heteroatoms. The number of aliphatic hydroxyl groups is 1. The largest absolute Gasteiger partial charge is 0.466 e. The molecule has 0 heterocycles. The van der Waals surface area contributed by atoms with Crippen LogP contribution in [0.25, 0.3) is 0 Å². The van der Waals surface area contributed by atoms with Crippen LogP contribution in [0.5, 0.6) is 0 Å². The number of ether oxygens (including phenoxy) is 2. The molecule has 0 saturated heterocycles. The Morgan fingerprint density at radius 1 is 0.452 bits per heavy atom. The molecule has 0 radical (unpaired) electrons. The Kier molecular flexibility index (Phi) is 33.4. The van der Waals surface area contributed by atoms with Crippen LogP contribution in [0.1, 0.15) is 181 Å². The summed E-state index contributed by atoms with van der Waals surface area (Å²) in [6, 6.07) is 0. The maximum Gasteiger partial charge on any atom is 0.305 e. The molecular formula is C36H71NO5. The van der Waals surface area contributed by atoms with E-state index < -0.39 is 0 Å². The first-order valence-corrected chi connectivity index (χ1v) is 18.3. The fraction of sp³-hybridized carbons (Fsp3) is 0.944. The van der Waals surface area contributed by atoms with Crippen molar-refractivity contribution < 1.29 is 24.2 Å². The Morgan fingerprint density at radius 3 is 1.17 bits per heavy atom. The summed E-state index contributed by atoms with van der Waals surface area (Å²) < 4.78 is 10.8. The van der Waals surface area contributed by atoms with E-state index in [1.54, 1.807) is 0 Å². The highest BCUT2D eigenvalue weighted by Crippen LogP contribution is 2.12. The van der Waals surface area contributed by atoms with Crippen molar-refractivity contribution in [3.05, 3.63) is 0 Å². The average molecular weight is 598 g/mol. The number of nitrogens with zero attached hydrogens (tertiary/aromatic N) is 1. The molecule has 0 bridgehead atoms. The van der Waals surface area contributed by atoms with Crippen LogP contribution < -0.4 is 0 Å². The zero-order valence-corrected chi connectivity index (χ0v) is 28.2. The van der Waals surface area contributed by atoms with Gasteiger partial charge in [-0.25, -0.2) is 0 Å². The van der Waals surface area contributed by atoms with Crippen molar-refractivity contribution in [1.29, 1.82) is 0 Å². The van der Waals surface area contributed by atoms with Gasteiger partial charge in [0.15, 0.2) is 0 Å². The van der Waals surface area contributed by atoms with Crippen LogP contribution in [0.2, 0.25) is 0 Å². The van der Waals surface area contributed by atoms with E-state index in [0.29, 0.717) is 26.1 Å². The second-order valence-electron chi connectivity index (χ2n) is 12.3. The molecule has 250 valence electrons. The molecule has 0 atom stereocenters. The first-order chi connectivity index (χ1) is 20.6. The summed E-state index contributed by atoms with van der Waals surface area (Å²) >= 11 is 0. The smallest absolute Gasteiger partial charge is 0.305 e. The molecule has 0 rings (SSSR count). The molecule has 0 aromatic heterocycles. The van der Waals surface area contributed by atoms with Gasteiger partial charge < -0.3 is 19.5 Å². The predicted octanol–water partition coefficient (Wildman–Crippen LogP) is 9.55. The van der Waals surface area contributed by atoms with Crippen molar-refractivity contribution >= 4 is 11.9 Å². The fourth-order valence-electron chi connectivity index (χ4n) is 5.38. The summed E-state index contributed by atoms with van der Waals surface area (Å²) in [5.74, 6) is -0.0542. The summed E-state index contributed by atoms with van der Waals surface area (Å²) in [5.41, 5.74) is 0. The van der Waals surface area contributed by atoms with Gasteiger partial charge in [0.05, 0.1) is 19.8 Å². The zero-order valence-electron chi connectivity index (χ0n) is 28.2. The van der Waals surface area contributed by atoms with Crippen molar-refractivity contribution in [1.82, 2.24) is 4.90 Å². The summed E-state index contributed by atoms with van der Waals surface area (Å²) in [7, 11) is 0. The molecule has 0 aromatic carbocycles. The van der Waals surface area contributed by atoms with E-state index in [0.717, 1.165) is 83.8 Å². The zero-order chi connectivity index (χ0) is 30.8. The number of hydrogen-bond acceptors (Lipinski definition) is 6. The highest BCUT2D eigenvalue weighted by molar-refractivity contribution is 5.69. The number of hydrogen-bond donors (Lipinski definition) is 1. The molecule has 0 spiro atoms. The van der Waals surface area contributed by atoms with Gasteiger partial charge in [-0.15, -0.1) is 0 Å². The third kappa shape index (κ3) is 31.8. The number of esters is 2. The molecule has 0 aromatic rings. The third-order valence-corrected chi connectivity index (χ3v) is 8.15. The van der Waals surface area contributed by atoms with Gasteiger partial charge in [-0.2, -0.15) is 0 Å². The molecule has 0 amide bonds. The van der Waals surface area contributed by atoms with Crippen molar-refractivity contribution in [2.24, 2.45) is 0 Å². The maximum absolute atomic E-state index is 11.9. The highest BCUT2D eigenvalue weighted by Gasteiger charge is 2.06. The van der Waals surface area contributed by atoms with E-state index in [1.165, 1.54) is 89.9 Å². The average Bonchev–Trinajstić information content (AvgIpc) is 2.98. The lowest BCUT2D eigenvalue weighted by atomic mass is 10.1. The molecule has 0 saturated carbocycles. The number of unbranched alkanes of at least 4 members (excludes halogenated alkanes) is 20. The summed E-state index contributed by atoms with van der Waals surface area (Å²) in [4.78, 5) is 26.1. The lowest BCUT2D eigenvalue weighted by Gasteiger charge is -2.21. The normalized spacial score (nSPS) is 11.3. The first-order valence-electron chi connectivity index (χ1n) is 18.3. The topological polar surface area (TPSA) is 76.1 Å². The Labute approximate surface area is 261 Å². The van der Waals surface area contributed by atoms with E-state index in [9.17, 15) is 14.7 Å². The van der Waals surface area contributed by atoms with E-state index in [2.05, 4.69) is 18.7 Å². The van der Waals surface area contributed by atoms with E-state index in [-0.39, 0.29) is 18.5 Å². The van der Waals surface area contributed by atoms with Crippen molar-refractivity contribution in [2.45, 2.75) is 181 Å². The van der Waals surface area contributed by atoms with Gasteiger partial charge in [-0.05, 0) is 51.6 Å². The molecule has 0 fully saturated rings. The molecule has 42 heavy (non-hydrogen) atoms. The van der Waals surface area contributed by atoms with Crippen LogP contribution in [0.3, 0.4) is 0 Å². The lowest BCUT2D eigenvalue weighted by Crippen LogP contribution is -2.29. The molecule has 0 unspecified atom stereocenters. The van der Waals surface area contributed by atoms with E-state index in [4.69, 9.17) is 9.47 Å². The van der Waals surface area contributed by atoms with Crippen LogP contribution in [0.4, 0.5) is 0 Å². The molecule has 0 aliphatic carbocycles. The summed E-state index contributed by atoms with van der Waals surface area (Å²) in [6.07, 6.45) is 29.4. The van der Waals surface area contributed by atoms with Crippen LogP contribution in [-0.2, 0) is 19.1 Å². The fourth-order valence-corrected chi connectivity index (χ4v) is 5.38. The van der Waals surface area contributed by atoms with Crippen LogP contribution >= 0.6 is 0 Å². The Balaban J connectivity index is 3.52. The van der Waals surface area contributed by atoms with Gasteiger partial charge in [0, 0.05) is 19.4 Å². The van der Waals surface area contributed by atoms with Gasteiger partial charge in [-0.3, -0.25) is 9.59 Å². The summed E-state index contributed by atoms with van der Waals surface area (Å²) in [5, 5.41) is 9.42. The number of aliphatic hydroxyl groups excluding tert-OH is 1. The van der Waals surface area contributed by atoms with E-state index >= 15 is 0 Å². The van der Waals surface area contributed by atoms with Crippen LogP contribution in [-0.4, -0.2) is 61.4 Å². The number of carbonyl (C=O) groups is 2. The van der Waals surface area contributed by atoms with E-state index in [1.807, 2.05) is 0 Å². The minimum Gasteiger partial charge on any atom is -0.466 e. The minimum atomic E-state index is -0.0271. The van der Waals surface area contributed by atoms with Crippen molar-refractivity contribution in [3.8, 4) is 0 Å². The van der Waals surface area contributed by atoms with Gasteiger partial charge in [0.2, 0.25) is 0 Å². The monoisotopic (exact) mass is 598 g/mol. The van der Waals surface area contributed by atoms with Gasteiger partial charge >= 0.3 is 11.9 Å². The van der Waals surface area contributed by atoms with Gasteiger partial charge in [-0.1, -0.05) is 129 Å². The summed E-state index contributed by atoms with van der Waals surface area (Å²) in [6.45, 7) is 8.65. The SMILES string of the molecule is CCCCCCCCCC(=O)OCCCCCCCN(CCO)CCCCCCCOC(=O)CCCCCCCCC. The molecule has 0 aliphatic heterocycles. The quantitative estimate of drug-likeness (QED) is 0.0588. The van der Waals surface area contributed by atoms with Crippen LogP contribution in [0, 0.1) is 0 Å². The number of rotatable bonds is 34. The van der Waals surface area contributed by atoms with Gasteiger partial charge in [0.1, 0.15) is 0 Å². The molecule has 0 aliphatic rings. The van der Waals surface area contributed by atoms with Crippen molar-refractivity contribution in [2.75, 3.05) is 39.5 Å². The van der Waals surface area contributed by atoms with Crippen LogP contribution in [0.15, 0.2) is 0 Å². The standard InChI is InChI=1S/C36H71NO5/c1-3-5-7-9-11-15-21-27-35(39)41-33-25-19-13-17-23-29-37(31-32-38)30-24-18-14-20-26-34-42-36(40)28-22-16-12-10-8-6-4-2/h38H,3-34H2,1-2H3. The molecular weight excluding hydrogens is 526 g/mol. The van der Waals surface area contributed by atoms with Gasteiger partial charge in [0.25, 0.3) is 0 Å². The first kappa shape index (κ1) is 40.9. The Bertz CT molecular complexity index is 525. The van der Waals surface area contributed by atoms with Crippen molar-refractivity contribution in [3.63, 3.8) is 0 Å². The predicted molar refractivity (Wildman–Crippen MR) is 177 cm³/mol. The Hall–Kier alpha value is -1.14. The second-order valence-corrected chi connectivity index (χ2v) is 12.3. The minimum absolute atomic E-state index is 0.0271. The molecule has 1 N–H and O–H groups in total.